The highest BCUT2D eigenvalue weighted by molar-refractivity contribution is 6.33. The zero-order chi connectivity index (χ0) is 26.8. The first-order valence-electron chi connectivity index (χ1n) is 13.0. The van der Waals surface area contributed by atoms with E-state index in [1.807, 2.05) is 0 Å². The van der Waals surface area contributed by atoms with Crippen LogP contribution in [0.1, 0.15) is 37.8 Å². The minimum Gasteiger partial charge on any atom is -0.352 e. The van der Waals surface area contributed by atoms with Gasteiger partial charge in [-0.3, -0.25) is 9.59 Å². The van der Waals surface area contributed by atoms with E-state index >= 15 is 0 Å². The van der Waals surface area contributed by atoms with Crippen LogP contribution in [-0.2, 0) is 22.7 Å². The van der Waals surface area contributed by atoms with Gasteiger partial charge in [0.1, 0.15) is 7.85 Å². The largest absolute Gasteiger partial charge is 0.352 e. The summed E-state index contributed by atoms with van der Waals surface area (Å²) < 4.78 is 0. The van der Waals surface area contributed by atoms with Gasteiger partial charge in [0.05, 0.1) is 0 Å². The highest BCUT2D eigenvalue weighted by Gasteiger charge is 2.14. The molecule has 0 spiro atoms. The van der Waals surface area contributed by atoms with E-state index in [-0.39, 0.29) is 11.8 Å². The van der Waals surface area contributed by atoms with Gasteiger partial charge in [0.25, 0.3) is 0 Å². The molecule has 7 heteroatoms. The fourth-order valence-corrected chi connectivity index (χ4v) is 4.41. The summed E-state index contributed by atoms with van der Waals surface area (Å²) in [6, 6.07) is 15.3. The first-order valence-corrected chi connectivity index (χ1v) is 13.0. The number of nitrogens with one attached hydrogen (secondary N) is 4. The molecule has 3 aromatic rings. The molecule has 0 saturated carbocycles. The second kappa shape index (κ2) is 13.8. The molecule has 37 heavy (non-hydrogen) atoms. The number of hydrogen-bond acceptors (Lipinski definition) is 4. The Hall–Kier alpha value is -3.42. The molecular weight excluding hydrogens is 459 g/mol. The quantitative estimate of drug-likeness (QED) is 0.119. The molecule has 6 nitrogen and oxygen atoms in total. The van der Waals surface area contributed by atoms with Gasteiger partial charge in [0.15, 0.2) is 0 Å². The molecule has 0 aliphatic rings. The van der Waals surface area contributed by atoms with Crippen molar-refractivity contribution in [3.63, 3.8) is 0 Å². The Morgan fingerprint density at radius 3 is 1.65 bits per heavy atom. The fourth-order valence-electron chi connectivity index (χ4n) is 4.41. The molecule has 0 radical (unpaired) electrons. The van der Waals surface area contributed by atoms with Crippen LogP contribution in [0.5, 0.6) is 0 Å². The van der Waals surface area contributed by atoms with Crippen molar-refractivity contribution in [2.45, 2.75) is 39.8 Å². The van der Waals surface area contributed by atoms with Crippen molar-refractivity contribution >= 4 is 46.7 Å². The molecule has 0 heterocycles. The Morgan fingerprint density at radius 1 is 0.703 bits per heavy atom. The van der Waals surface area contributed by atoms with Crippen LogP contribution in [0, 0.1) is 0 Å². The van der Waals surface area contributed by atoms with Crippen molar-refractivity contribution in [2.24, 2.45) is 0 Å². The van der Waals surface area contributed by atoms with Crippen LogP contribution in [0.25, 0.3) is 21.5 Å². The summed E-state index contributed by atoms with van der Waals surface area (Å²) in [5.74, 6) is -0.179. The van der Waals surface area contributed by atoms with Crippen molar-refractivity contribution in [3.05, 3.63) is 77.9 Å². The molecule has 0 fully saturated rings. The van der Waals surface area contributed by atoms with E-state index in [1.165, 1.54) is 38.1 Å². The average molecular weight is 498 g/mol. The van der Waals surface area contributed by atoms with Crippen molar-refractivity contribution < 1.29 is 9.59 Å². The standard InChI is InChI=1S/C30H39BN4O2/c1-20(2)29(36)34-15-7-13-32-18-27-23-9-5-6-10-24(23)28(26-17-22(31)11-12-25(26)27)19-33-14-8-16-35-30(37)21(3)4/h5-6,9-12,17,32-33H,1,3,7-8,13-16,18-19,31H2,2,4H3,(H,34,36)(H,35,37). The van der Waals surface area contributed by atoms with Crippen molar-refractivity contribution in [1.29, 1.82) is 0 Å². The van der Waals surface area contributed by atoms with Gasteiger partial charge < -0.3 is 21.3 Å². The normalized spacial score (nSPS) is 11.0. The van der Waals surface area contributed by atoms with Gasteiger partial charge in [-0.25, -0.2) is 0 Å². The van der Waals surface area contributed by atoms with Crippen molar-refractivity contribution in [3.8, 4) is 0 Å². The number of rotatable bonds is 14. The van der Waals surface area contributed by atoms with Crippen LogP contribution in [-0.4, -0.2) is 45.8 Å². The Bertz CT molecular complexity index is 1300. The summed E-state index contributed by atoms with van der Waals surface area (Å²) in [5, 5.41) is 18.0. The molecule has 194 valence electrons. The van der Waals surface area contributed by atoms with Crippen LogP contribution < -0.4 is 26.7 Å². The molecule has 4 N–H and O–H groups in total. The van der Waals surface area contributed by atoms with E-state index in [9.17, 15) is 9.59 Å². The third kappa shape index (κ3) is 7.78. The Morgan fingerprint density at radius 2 is 1.16 bits per heavy atom. The lowest BCUT2D eigenvalue weighted by Crippen LogP contribution is -2.27. The van der Waals surface area contributed by atoms with Gasteiger partial charge in [-0.1, -0.05) is 61.1 Å². The highest BCUT2D eigenvalue weighted by Crippen LogP contribution is 2.32. The van der Waals surface area contributed by atoms with Crippen LogP contribution in [0.15, 0.2) is 66.8 Å². The zero-order valence-electron chi connectivity index (χ0n) is 22.4. The molecule has 0 atom stereocenters. The Kier molecular flexibility index (Phi) is 10.5. The van der Waals surface area contributed by atoms with Crippen LogP contribution in [0.3, 0.4) is 0 Å². The van der Waals surface area contributed by atoms with Gasteiger partial charge in [0, 0.05) is 37.3 Å². The minimum absolute atomic E-state index is 0.0896. The highest BCUT2D eigenvalue weighted by atomic mass is 16.2. The smallest absolute Gasteiger partial charge is 0.246 e. The SMILES string of the molecule is Bc1ccc2c(CNCCCNC(=O)C(=C)C)c3ccccc3c(CNCCCNC(=O)C(=C)C)c2c1. The molecule has 3 rings (SSSR count). The van der Waals surface area contributed by atoms with Crippen LogP contribution in [0.4, 0.5) is 0 Å². The molecule has 0 bridgehead atoms. The lowest BCUT2D eigenvalue weighted by Gasteiger charge is -2.18. The number of fused-ring (bicyclic) bond motifs is 2. The number of amides is 2. The minimum atomic E-state index is -0.0897. The first-order chi connectivity index (χ1) is 17.8. The van der Waals surface area contributed by atoms with Gasteiger partial charge in [-0.05, 0) is 72.5 Å². The first kappa shape index (κ1) is 28.2. The third-order valence-electron chi connectivity index (χ3n) is 6.41. The average Bonchev–Trinajstić information content (AvgIpc) is 2.88. The van der Waals surface area contributed by atoms with E-state index < -0.39 is 0 Å². The second-order valence-corrected chi connectivity index (χ2v) is 9.68. The summed E-state index contributed by atoms with van der Waals surface area (Å²) in [6.45, 7) is 15.2. The predicted molar refractivity (Wildman–Crippen MR) is 158 cm³/mol. The van der Waals surface area contributed by atoms with Crippen molar-refractivity contribution in [2.75, 3.05) is 26.2 Å². The van der Waals surface area contributed by atoms with Gasteiger partial charge in [0.2, 0.25) is 11.8 Å². The predicted octanol–water partition coefficient (Wildman–Crippen LogP) is 2.60. The number of benzene rings is 3. The van der Waals surface area contributed by atoms with E-state index in [4.69, 9.17) is 0 Å². The van der Waals surface area contributed by atoms with Crippen LogP contribution >= 0.6 is 0 Å². The Labute approximate surface area is 221 Å². The van der Waals surface area contributed by atoms with Gasteiger partial charge in [-0.15, -0.1) is 0 Å². The molecule has 0 aliphatic heterocycles. The molecule has 0 unspecified atom stereocenters. The lowest BCUT2D eigenvalue weighted by atomic mass is 9.87. The summed E-state index contributed by atoms with van der Waals surface area (Å²) in [6.07, 6.45) is 1.70. The molecule has 3 aromatic carbocycles. The maximum absolute atomic E-state index is 11.7. The lowest BCUT2D eigenvalue weighted by molar-refractivity contribution is -0.118. The van der Waals surface area contributed by atoms with E-state index in [2.05, 4.69) is 84.7 Å². The molecule has 0 aromatic heterocycles. The maximum atomic E-state index is 11.7. The summed E-state index contributed by atoms with van der Waals surface area (Å²) >= 11 is 0. The molecular formula is C30H39BN4O2. The topological polar surface area (TPSA) is 82.3 Å². The van der Waals surface area contributed by atoms with Crippen LogP contribution in [0.2, 0.25) is 0 Å². The summed E-state index contributed by atoms with van der Waals surface area (Å²) in [4.78, 5) is 23.3. The number of carbonyl (C=O) groups excluding carboxylic acids is 2. The van der Waals surface area contributed by atoms with E-state index in [0.717, 1.165) is 39.0 Å². The van der Waals surface area contributed by atoms with E-state index in [0.29, 0.717) is 24.2 Å². The molecule has 0 aliphatic carbocycles. The molecule has 0 saturated heterocycles. The maximum Gasteiger partial charge on any atom is 0.246 e. The van der Waals surface area contributed by atoms with Gasteiger partial charge >= 0.3 is 0 Å². The van der Waals surface area contributed by atoms with E-state index in [1.54, 1.807) is 13.8 Å². The second-order valence-electron chi connectivity index (χ2n) is 9.68. The van der Waals surface area contributed by atoms with Gasteiger partial charge in [-0.2, -0.15) is 0 Å². The zero-order valence-corrected chi connectivity index (χ0v) is 22.4. The monoisotopic (exact) mass is 498 g/mol. The Balaban J connectivity index is 1.72. The number of carbonyl (C=O) groups is 2. The molecule has 2 amide bonds. The fraction of sp³-hybridized carbons (Fsp3) is 0.333. The summed E-state index contributed by atoms with van der Waals surface area (Å²) in [5.41, 5.74) is 4.89. The number of hydrogen-bond donors (Lipinski definition) is 4. The third-order valence-corrected chi connectivity index (χ3v) is 6.41. The van der Waals surface area contributed by atoms with Crippen molar-refractivity contribution in [1.82, 2.24) is 21.3 Å². The summed E-state index contributed by atoms with van der Waals surface area (Å²) in [7, 11) is 2.13.